The van der Waals surface area contributed by atoms with Crippen molar-refractivity contribution in [1.82, 2.24) is 9.88 Å². The molecule has 1 fully saturated rings. The van der Waals surface area contributed by atoms with Gasteiger partial charge in [0.1, 0.15) is 0 Å². The first-order valence-corrected chi connectivity index (χ1v) is 9.57. The number of hydrogen-bond acceptors (Lipinski definition) is 3. The molecule has 2 heterocycles. The molecule has 4 nitrogen and oxygen atoms in total. The molecule has 2 aromatic rings. The minimum Gasteiger partial charge on any atom is -0.466 e. The molecule has 0 bridgehead atoms. The summed E-state index contributed by atoms with van der Waals surface area (Å²) in [7, 11) is 0. The number of carbonyl (C=O) groups is 1. The molecule has 4 atom stereocenters. The number of benzene rings is 1. The highest BCUT2D eigenvalue weighted by molar-refractivity contribution is 5.94. The summed E-state index contributed by atoms with van der Waals surface area (Å²) < 4.78 is 5.37. The molecule has 0 spiro atoms. The van der Waals surface area contributed by atoms with Crippen molar-refractivity contribution < 1.29 is 9.53 Å². The number of nitrogens with one attached hydrogen (secondary N) is 1. The number of likely N-dealkylation sites (tertiary alicyclic amines) is 1. The third-order valence-corrected chi connectivity index (χ3v) is 6.31. The van der Waals surface area contributed by atoms with Gasteiger partial charge in [0.15, 0.2) is 0 Å². The van der Waals surface area contributed by atoms with Crippen molar-refractivity contribution in [2.45, 2.75) is 31.2 Å². The summed E-state index contributed by atoms with van der Waals surface area (Å²) in [5, 5.41) is 1.38. The summed E-state index contributed by atoms with van der Waals surface area (Å²) >= 11 is 0. The number of piperidine rings is 1. The number of ether oxygens (including phenoxy) is 1. The van der Waals surface area contributed by atoms with Crippen LogP contribution in [0.25, 0.3) is 17.0 Å². The first-order chi connectivity index (χ1) is 12.7. The van der Waals surface area contributed by atoms with E-state index in [2.05, 4.69) is 46.8 Å². The molecule has 1 aromatic carbocycles. The van der Waals surface area contributed by atoms with Gasteiger partial charge in [-0.05, 0) is 36.6 Å². The molecule has 26 heavy (non-hydrogen) atoms. The first kappa shape index (κ1) is 15.9. The van der Waals surface area contributed by atoms with Gasteiger partial charge in [-0.2, -0.15) is 0 Å². The van der Waals surface area contributed by atoms with Crippen LogP contribution in [-0.2, 0) is 9.53 Å². The lowest BCUT2D eigenvalue weighted by Gasteiger charge is -2.48. The maximum absolute atomic E-state index is 12.5. The van der Waals surface area contributed by atoms with Gasteiger partial charge in [0.2, 0.25) is 0 Å². The van der Waals surface area contributed by atoms with Crippen molar-refractivity contribution >= 4 is 22.9 Å². The molecule has 3 aliphatic rings. The van der Waals surface area contributed by atoms with E-state index in [1.54, 1.807) is 0 Å². The molecule has 0 amide bonds. The third kappa shape index (κ3) is 2.08. The molecule has 5 rings (SSSR count). The zero-order chi connectivity index (χ0) is 17.8. The Morgan fingerprint density at radius 3 is 3.15 bits per heavy atom. The second-order valence-corrected chi connectivity index (χ2v) is 7.63. The molecular formula is C22H24N2O2. The highest BCUT2D eigenvalue weighted by atomic mass is 16.5. The van der Waals surface area contributed by atoms with E-state index < -0.39 is 0 Å². The van der Waals surface area contributed by atoms with Gasteiger partial charge in [-0.1, -0.05) is 24.3 Å². The van der Waals surface area contributed by atoms with Gasteiger partial charge < -0.3 is 9.72 Å². The van der Waals surface area contributed by atoms with Gasteiger partial charge in [-0.15, -0.1) is 6.58 Å². The van der Waals surface area contributed by atoms with Gasteiger partial charge >= 0.3 is 5.97 Å². The van der Waals surface area contributed by atoms with Crippen LogP contribution in [0.2, 0.25) is 0 Å². The van der Waals surface area contributed by atoms with E-state index in [9.17, 15) is 4.79 Å². The molecule has 134 valence electrons. The van der Waals surface area contributed by atoms with Crippen LogP contribution in [0.5, 0.6) is 0 Å². The summed E-state index contributed by atoms with van der Waals surface area (Å²) in [4.78, 5) is 18.6. The largest absolute Gasteiger partial charge is 0.466 e. The Balaban J connectivity index is 1.64. The predicted octanol–water partition coefficient (Wildman–Crippen LogP) is 3.82. The molecule has 2 aliphatic carbocycles. The van der Waals surface area contributed by atoms with Crippen LogP contribution in [0, 0.1) is 5.92 Å². The minimum atomic E-state index is -0.0725. The molecule has 1 aliphatic heterocycles. The lowest BCUT2D eigenvalue weighted by atomic mass is 9.68. The lowest BCUT2D eigenvalue weighted by molar-refractivity contribution is -0.151. The fraction of sp³-hybridized carbons (Fsp3) is 0.409. The Hall–Kier alpha value is -2.33. The molecule has 2 unspecified atom stereocenters. The van der Waals surface area contributed by atoms with Crippen molar-refractivity contribution in [1.29, 1.82) is 0 Å². The quantitative estimate of drug-likeness (QED) is 0.675. The van der Waals surface area contributed by atoms with Gasteiger partial charge in [-0.25, -0.2) is 0 Å². The Morgan fingerprint density at radius 2 is 2.35 bits per heavy atom. The molecule has 4 heteroatoms. The Bertz CT molecular complexity index is 926. The SMILES string of the molecule is C=CCN1C[C@H](C(=O)OCC)CC2c3cccc4[nH]c5c(c34)C(C=C5)[C@H]21. The molecule has 1 aromatic heterocycles. The van der Waals surface area contributed by atoms with E-state index in [1.165, 1.54) is 27.7 Å². The smallest absolute Gasteiger partial charge is 0.310 e. The normalized spacial score (nSPS) is 29.0. The molecular weight excluding hydrogens is 324 g/mol. The monoisotopic (exact) mass is 348 g/mol. The summed E-state index contributed by atoms with van der Waals surface area (Å²) in [6.07, 6.45) is 7.39. The van der Waals surface area contributed by atoms with Crippen LogP contribution in [0.4, 0.5) is 0 Å². The zero-order valence-electron chi connectivity index (χ0n) is 15.1. The fourth-order valence-electron chi connectivity index (χ4n) is 5.45. The van der Waals surface area contributed by atoms with Gasteiger partial charge in [0.25, 0.3) is 0 Å². The highest BCUT2D eigenvalue weighted by Crippen LogP contribution is 2.53. The topological polar surface area (TPSA) is 45.3 Å². The number of esters is 1. The van der Waals surface area contributed by atoms with E-state index in [1.807, 2.05) is 13.0 Å². The number of rotatable bonds is 4. The van der Waals surface area contributed by atoms with E-state index in [4.69, 9.17) is 4.74 Å². The van der Waals surface area contributed by atoms with Crippen molar-refractivity contribution in [2.75, 3.05) is 19.7 Å². The zero-order valence-corrected chi connectivity index (χ0v) is 15.1. The van der Waals surface area contributed by atoms with E-state index in [0.717, 1.165) is 19.5 Å². The van der Waals surface area contributed by atoms with Crippen molar-refractivity contribution in [3.8, 4) is 0 Å². The maximum atomic E-state index is 12.5. The van der Waals surface area contributed by atoms with Crippen LogP contribution in [-0.4, -0.2) is 41.6 Å². The van der Waals surface area contributed by atoms with Crippen LogP contribution in [0.3, 0.4) is 0 Å². The molecule has 0 saturated carbocycles. The van der Waals surface area contributed by atoms with E-state index in [0.29, 0.717) is 24.5 Å². The molecule has 0 radical (unpaired) electrons. The van der Waals surface area contributed by atoms with Crippen LogP contribution < -0.4 is 0 Å². The number of fused-ring (bicyclic) bond motifs is 3. The van der Waals surface area contributed by atoms with E-state index in [-0.39, 0.29) is 11.9 Å². The first-order valence-electron chi connectivity index (χ1n) is 9.57. The Labute approximate surface area is 153 Å². The van der Waals surface area contributed by atoms with Crippen molar-refractivity contribution in [3.05, 3.63) is 53.8 Å². The Morgan fingerprint density at radius 1 is 1.46 bits per heavy atom. The standard InChI is InChI=1S/C22H24N2O2/c1-3-10-24-12-13(22(25)26-4-2)11-16-14-6-5-7-17-19(14)20-15(21(16)24)8-9-18(20)23-17/h3,5-9,13,15-16,21,23H,1,4,10-12H2,2H3/t13-,15?,16?,21-/m1/s1. The van der Waals surface area contributed by atoms with Gasteiger partial charge in [0, 0.05) is 47.6 Å². The number of aromatic nitrogens is 1. The number of aromatic amines is 1. The summed E-state index contributed by atoms with van der Waals surface area (Å²) in [5.74, 6) is 0.596. The third-order valence-electron chi connectivity index (χ3n) is 6.31. The predicted molar refractivity (Wildman–Crippen MR) is 103 cm³/mol. The number of carbonyl (C=O) groups excluding carboxylic acids is 1. The number of H-pyrrole nitrogens is 1. The second kappa shape index (κ2) is 5.85. The molecule has 1 N–H and O–H groups in total. The fourth-order valence-corrected chi connectivity index (χ4v) is 5.45. The molecule has 1 saturated heterocycles. The summed E-state index contributed by atoms with van der Waals surface area (Å²) in [5.41, 5.74) is 5.30. The van der Waals surface area contributed by atoms with Crippen LogP contribution >= 0.6 is 0 Å². The second-order valence-electron chi connectivity index (χ2n) is 7.63. The summed E-state index contributed by atoms with van der Waals surface area (Å²) in [6, 6.07) is 6.93. The van der Waals surface area contributed by atoms with Gasteiger partial charge in [-0.3, -0.25) is 9.69 Å². The lowest BCUT2D eigenvalue weighted by Crippen LogP contribution is -2.52. The van der Waals surface area contributed by atoms with Crippen molar-refractivity contribution in [2.24, 2.45) is 5.92 Å². The average Bonchev–Trinajstić information content (AvgIpc) is 3.21. The number of nitrogens with zero attached hydrogens (tertiary/aromatic N) is 1. The summed E-state index contributed by atoms with van der Waals surface area (Å²) in [6.45, 7) is 7.82. The van der Waals surface area contributed by atoms with Crippen LogP contribution in [0.15, 0.2) is 36.9 Å². The minimum absolute atomic E-state index is 0.0605. The highest BCUT2D eigenvalue weighted by Gasteiger charge is 2.48. The Kier molecular flexibility index (Phi) is 3.57. The van der Waals surface area contributed by atoms with Crippen LogP contribution in [0.1, 0.15) is 42.0 Å². The van der Waals surface area contributed by atoms with Crippen molar-refractivity contribution in [3.63, 3.8) is 0 Å². The van der Waals surface area contributed by atoms with E-state index >= 15 is 0 Å². The van der Waals surface area contributed by atoms with Gasteiger partial charge in [0.05, 0.1) is 12.5 Å². The maximum Gasteiger partial charge on any atom is 0.310 e. The average molecular weight is 348 g/mol. The number of hydrogen-bond donors (Lipinski definition) is 1.